The molecule has 0 aliphatic rings. The average Bonchev–Trinajstić information content (AvgIpc) is 2.39. The van der Waals surface area contributed by atoms with E-state index in [0.717, 1.165) is 25.3 Å². The first-order chi connectivity index (χ1) is 9.73. The standard InChI is InChI=1S/C13H21NO.C2H2O4/c1-11-6-7-13(10-12(11)2)15-9-5-8-14(3)4;3-1(4)2(5)6/h6-7,10H,5,8-9H2,1-4H3;(H,3,4)(H,5,6). The van der Waals surface area contributed by atoms with Crippen LogP contribution in [0.3, 0.4) is 0 Å². The number of rotatable bonds is 5. The smallest absolute Gasteiger partial charge is 0.414 e. The number of carboxylic acids is 2. The molecule has 0 spiro atoms. The largest absolute Gasteiger partial charge is 0.494 e. The number of ether oxygens (including phenoxy) is 1. The highest BCUT2D eigenvalue weighted by atomic mass is 16.5. The van der Waals surface area contributed by atoms with Crippen LogP contribution in [0.4, 0.5) is 0 Å². The van der Waals surface area contributed by atoms with E-state index in [9.17, 15) is 0 Å². The van der Waals surface area contributed by atoms with Gasteiger partial charge in [0.25, 0.3) is 0 Å². The lowest BCUT2D eigenvalue weighted by molar-refractivity contribution is -0.159. The topological polar surface area (TPSA) is 87.1 Å². The molecule has 21 heavy (non-hydrogen) atoms. The van der Waals surface area contributed by atoms with Gasteiger partial charge in [-0.15, -0.1) is 0 Å². The molecule has 0 amide bonds. The van der Waals surface area contributed by atoms with E-state index in [0.29, 0.717) is 0 Å². The second kappa shape index (κ2) is 9.77. The Morgan fingerprint density at radius 1 is 1.10 bits per heavy atom. The molecular weight excluding hydrogens is 274 g/mol. The molecule has 0 atom stereocenters. The Morgan fingerprint density at radius 2 is 1.67 bits per heavy atom. The van der Waals surface area contributed by atoms with Gasteiger partial charge in [-0.25, -0.2) is 9.59 Å². The molecule has 0 bridgehead atoms. The molecule has 0 saturated carbocycles. The van der Waals surface area contributed by atoms with Crippen molar-refractivity contribution < 1.29 is 24.5 Å². The van der Waals surface area contributed by atoms with Gasteiger partial charge in [0.2, 0.25) is 0 Å². The predicted molar refractivity (Wildman–Crippen MR) is 79.9 cm³/mol. The minimum absolute atomic E-state index is 0.792. The third-order valence-electron chi connectivity index (χ3n) is 2.68. The van der Waals surface area contributed by atoms with E-state index in [1.165, 1.54) is 11.1 Å². The Hall–Kier alpha value is -2.08. The minimum Gasteiger partial charge on any atom is -0.494 e. The number of carbonyl (C=O) groups is 2. The first-order valence-corrected chi connectivity index (χ1v) is 6.55. The molecule has 0 aliphatic carbocycles. The average molecular weight is 297 g/mol. The summed E-state index contributed by atoms with van der Waals surface area (Å²) in [5.41, 5.74) is 2.61. The van der Waals surface area contributed by atoms with Gasteiger partial charge in [0, 0.05) is 6.54 Å². The summed E-state index contributed by atoms with van der Waals surface area (Å²) in [7, 11) is 4.16. The lowest BCUT2D eigenvalue weighted by Gasteiger charge is -2.11. The number of hydrogen-bond acceptors (Lipinski definition) is 4. The van der Waals surface area contributed by atoms with Crippen LogP contribution in [0.5, 0.6) is 5.75 Å². The summed E-state index contributed by atoms with van der Waals surface area (Å²) in [6.45, 7) is 6.10. The van der Waals surface area contributed by atoms with Crippen molar-refractivity contribution in [1.82, 2.24) is 4.90 Å². The lowest BCUT2D eigenvalue weighted by atomic mass is 10.1. The summed E-state index contributed by atoms with van der Waals surface area (Å²) in [4.78, 5) is 20.4. The molecule has 0 aliphatic heterocycles. The fourth-order valence-electron chi connectivity index (χ4n) is 1.37. The van der Waals surface area contributed by atoms with E-state index in [1.807, 2.05) is 6.07 Å². The van der Waals surface area contributed by atoms with Gasteiger partial charge in [-0.2, -0.15) is 0 Å². The summed E-state index contributed by atoms with van der Waals surface area (Å²) in [5.74, 6) is -2.66. The summed E-state index contributed by atoms with van der Waals surface area (Å²) in [6, 6.07) is 6.25. The Morgan fingerprint density at radius 3 is 2.10 bits per heavy atom. The van der Waals surface area contributed by atoms with E-state index in [4.69, 9.17) is 24.5 Å². The zero-order valence-electron chi connectivity index (χ0n) is 12.9. The Bertz CT molecular complexity index is 459. The number of aryl methyl sites for hydroxylation is 2. The molecule has 1 aromatic rings. The number of nitrogens with zero attached hydrogens (tertiary/aromatic N) is 1. The third-order valence-corrected chi connectivity index (χ3v) is 2.68. The maximum absolute atomic E-state index is 9.10. The van der Waals surface area contributed by atoms with Crippen molar-refractivity contribution in [2.24, 2.45) is 0 Å². The van der Waals surface area contributed by atoms with E-state index in [2.05, 4.69) is 45.0 Å². The highest BCUT2D eigenvalue weighted by Gasteiger charge is 2.04. The molecular formula is C15H23NO5. The van der Waals surface area contributed by atoms with Crippen LogP contribution < -0.4 is 4.74 Å². The molecule has 0 fully saturated rings. The van der Waals surface area contributed by atoms with Crippen molar-refractivity contribution in [1.29, 1.82) is 0 Å². The molecule has 6 heteroatoms. The minimum atomic E-state index is -1.82. The monoisotopic (exact) mass is 297 g/mol. The molecule has 0 saturated heterocycles. The number of hydrogen-bond donors (Lipinski definition) is 2. The van der Waals surface area contributed by atoms with Gasteiger partial charge in [0.05, 0.1) is 6.61 Å². The lowest BCUT2D eigenvalue weighted by Crippen LogP contribution is -2.15. The fraction of sp³-hybridized carbons (Fsp3) is 0.467. The molecule has 0 unspecified atom stereocenters. The molecule has 0 radical (unpaired) electrons. The van der Waals surface area contributed by atoms with Crippen LogP contribution in [0.25, 0.3) is 0 Å². The zero-order valence-corrected chi connectivity index (χ0v) is 12.9. The molecule has 0 aromatic heterocycles. The highest BCUT2D eigenvalue weighted by molar-refractivity contribution is 6.27. The maximum Gasteiger partial charge on any atom is 0.414 e. The van der Waals surface area contributed by atoms with Gasteiger partial charge < -0.3 is 19.8 Å². The number of aliphatic carboxylic acids is 2. The zero-order chi connectivity index (χ0) is 16.4. The van der Waals surface area contributed by atoms with Gasteiger partial charge in [0.15, 0.2) is 0 Å². The van der Waals surface area contributed by atoms with Crippen molar-refractivity contribution in [3.05, 3.63) is 29.3 Å². The molecule has 0 heterocycles. The Kier molecular flexibility index (Phi) is 8.80. The second-order valence-electron chi connectivity index (χ2n) is 4.86. The van der Waals surface area contributed by atoms with Gasteiger partial charge >= 0.3 is 11.9 Å². The van der Waals surface area contributed by atoms with Crippen LogP contribution >= 0.6 is 0 Å². The predicted octanol–water partition coefficient (Wildman–Crippen LogP) is 1.79. The fourth-order valence-corrected chi connectivity index (χ4v) is 1.37. The Balaban J connectivity index is 0.000000567. The van der Waals surface area contributed by atoms with Crippen molar-refractivity contribution in [2.75, 3.05) is 27.2 Å². The van der Waals surface area contributed by atoms with Crippen molar-refractivity contribution in [3.63, 3.8) is 0 Å². The molecule has 2 N–H and O–H groups in total. The first-order valence-electron chi connectivity index (χ1n) is 6.55. The van der Waals surface area contributed by atoms with Gasteiger partial charge in [-0.1, -0.05) is 6.07 Å². The SMILES string of the molecule is Cc1ccc(OCCCN(C)C)cc1C.O=C(O)C(=O)O. The van der Waals surface area contributed by atoms with E-state index >= 15 is 0 Å². The maximum atomic E-state index is 9.10. The van der Waals surface area contributed by atoms with E-state index in [1.54, 1.807) is 0 Å². The van der Waals surface area contributed by atoms with Crippen molar-refractivity contribution >= 4 is 11.9 Å². The summed E-state index contributed by atoms with van der Waals surface area (Å²) in [6.07, 6.45) is 1.07. The van der Waals surface area contributed by atoms with Gasteiger partial charge in [-0.05, 0) is 57.6 Å². The van der Waals surface area contributed by atoms with Crippen LogP contribution in [-0.2, 0) is 9.59 Å². The van der Waals surface area contributed by atoms with Crippen molar-refractivity contribution in [3.8, 4) is 5.75 Å². The van der Waals surface area contributed by atoms with Crippen LogP contribution in [-0.4, -0.2) is 54.3 Å². The van der Waals surface area contributed by atoms with Crippen LogP contribution in [0.15, 0.2) is 18.2 Å². The highest BCUT2D eigenvalue weighted by Crippen LogP contribution is 2.16. The van der Waals surface area contributed by atoms with Crippen molar-refractivity contribution in [2.45, 2.75) is 20.3 Å². The van der Waals surface area contributed by atoms with E-state index < -0.39 is 11.9 Å². The van der Waals surface area contributed by atoms with Gasteiger partial charge in [-0.3, -0.25) is 0 Å². The number of carboxylic acid groups (broad SMARTS) is 2. The Labute approximate surface area is 125 Å². The third kappa shape index (κ3) is 9.45. The normalized spacial score (nSPS) is 9.76. The van der Waals surface area contributed by atoms with Crippen LogP contribution in [0.1, 0.15) is 17.5 Å². The molecule has 118 valence electrons. The summed E-state index contributed by atoms with van der Waals surface area (Å²) >= 11 is 0. The van der Waals surface area contributed by atoms with Gasteiger partial charge in [0.1, 0.15) is 5.75 Å². The molecule has 1 rings (SSSR count). The second-order valence-corrected chi connectivity index (χ2v) is 4.86. The van der Waals surface area contributed by atoms with Crippen LogP contribution in [0.2, 0.25) is 0 Å². The molecule has 6 nitrogen and oxygen atoms in total. The summed E-state index contributed by atoms with van der Waals surface area (Å²) < 4.78 is 5.67. The number of benzene rings is 1. The molecule has 1 aromatic carbocycles. The van der Waals surface area contributed by atoms with E-state index in [-0.39, 0.29) is 0 Å². The quantitative estimate of drug-likeness (QED) is 0.636. The van der Waals surface area contributed by atoms with Crippen LogP contribution in [0, 0.1) is 13.8 Å². The summed E-state index contributed by atoms with van der Waals surface area (Å²) in [5, 5.41) is 14.8. The first kappa shape index (κ1) is 18.9.